The van der Waals surface area contributed by atoms with Crippen LogP contribution in [0.25, 0.3) is 0 Å². The molecule has 0 spiro atoms. The summed E-state index contributed by atoms with van der Waals surface area (Å²) in [4.78, 5) is 55.6. The minimum absolute atomic E-state index is 0.0954. The SMILES string of the molecule is CCOC(=O)C(Cc1ccccc1)(C(=O)OCC)C(Cc1ccccc1)(C(=O)OCC)C(=O)OCC. The van der Waals surface area contributed by atoms with Gasteiger partial charge in [0.25, 0.3) is 0 Å². The highest BCUT2D eigenvalue weighted by atomic mass is 16.6. The van der Waals surface area contributed by atoms with Crippen molar-refractivity contribution in [3.8, 4) is 0 Å². The predicted molar refractivity (Wildman–Crippen MR) is 132 cm³/mol. The van der Waals surface area contributed by atoms with Crippen LogP contribution in [0.1, 0.15) is 38.8 Å². The average molecular weight is 499 g/mol. The van der Waals surface area contributed by atoms with E-state index in [1.165, 1.54) is 0 Å². The zero-order valence-electron chi connectivity index (χ0n) is 21.3. The summed E-state index contributed by atoms with van der Waals surface area (Å²) in [5.41, 5.74) is -3.84. The fourth-order valence-corrected chi connectivity index (χ4v) is 4.28. The second-order valence-electron chi connectivity index (χ2n) is 8.02. The van der Waals surface area contributed by atoms with Gasteiger partial charge in [-0.15, -0.1) is 0 Å². The zero-order valence-corrected chi connectivity index (χ0v) is 21.3. The summed E-state index contributed by atoms with van der Waals surface area (Å²) in [6.45, 7) is 5.91. The van der Waals surface area contributed by atoms with Gasteiger partial charge in [-0.1, -0.05) is 60.7 Å². The summed E-state index contributed by atoms with van der Waals surface area (Å²) >= 11 is 0. The van der Waals surface area contributed by atoms with Crippen molar-refractivity contribution >= 4 is 23.9 Å². The van der Waals surface area contributed by atoms with Crippen LogP contribution in [0.4, 0.5) is 0 Å². The van der Waals surface area contributed by atoms with E-state index in [0.717, 1.165) is 0 Å². The molecule has 0 aliphatic heterocycles. The first-order valence-electron chi connectivity index (χ1n) is 12.1. The molecule has 2 aromatic rings. The van der Waals surface area contributed by atoms with Crippen molar-refractivity contribution in [2.24, 2.45) is 10.8 Å². The Morgan fingerprint density at radius 3 is 0.972 bits per heavy atom. The molecule has 0 saturated carbocycles. The van der Waals surface area contributed by atoms with E-state index in [-0.39, 0.29) is 39.3 Å². The average Bonchev–Trinajstić information content (AvgIpc) is 2.87. The molecular formula is C28H34O8. The smallest absolute Gasteiger partial charge is 0.325 e. The fourth-order valence-electron chi connectivity index (χ4n) is 4.28. The second kappa shape index (κ2) is 13.4. The minimum Gasteiger partial charge on any atom is -0.465 e. The Bertz CT molecular complexity index is 897. The Hall–Kier alpha value is -3.68. The van der Waals surface area contributed by atoms with Crippen molar-refractivity contribution in [2.45, 2.75) is 40.5 Å². The molecule has 0 aliphatic rings. The molecule has 2 rings (SSSR count). The Labute approximate surface area is 211 Å². The second-order valence-corrected chi connectivity index (χ2v) is 8.02. The fraction of sp³-hybridized carbons (Fsp3) is 0.429. The number of rotatable bonds is 13. The van der Waals surface area contributed by atoms with Crippen molar-refractivity contribution in [1.29, 1.82) is 0 Å². The first kappa shape index (κ1) is 28.6. The highest BCUT2D eigenvalue weighted by molar-refractivity contribution is 6.15. The van der Waals surface area contributed by atoms with Crippen LogP contribution in [0.2, 0.25) is 0 Å². The van der Waals surface area contributed by atoms with Gasteiger partial charge in [0.15, 0.2) is 10.8 Å². The van der Waals surface area contributed by atoms with Gasteiger partial charge in [0.1, 0.15) is 0 Å². The molecule has 0 fully saturated rings. The van der Waals surface area contributed by atoms with Gasteiger partial charge in [0.2, 0.25) is 0 Å². The van der Waals surface area contributed by atoms with E-state index in [1.807, 2.05) is 0 Å². The summed E-state index contributed by atoms with van der Waals surface area (Å²) < 4.78 is 21.6. The van der Waals surface area contributed by atoms with Gasteiger partial charge >= 0.3 is 23.9 Å². The van der Waals surface area contributed by atoms with E-state index in [0.29, 0.717) is 11.1 Å². The molecule has 0 aromatic heterocycles. The zero-order chi connectivity index (χ0) is 26.6. The third-order valence-corrected chi connectivity index (χ3v) is 5.85. The third kappa shape index (κ3) is 5.75. The molecule has 2 aromatic carbocycles. The highest BCUT2D eigenvalue weighted by Gasteiger charge is 2.73. The summed E-state index contributed by atoms with van der Waals surface area (Å²) in [6, 6.07) is 17.2. The largest absolute Gasteiger partial charge is 0.465 e. The van der Waals surface area contributed by atoms with Crippen molar-refractivity contribution in [3.05, 3.63) is 71.8 Å². The molecule has 0 unspecified atom stereocenters. The van der Waals surface area contributed by atoms with Crippen molar-refractivity contribution in [1.82, 2.24) is 0 Å². The molecule has 0 heterocycles. The van der Waals surface area contributed by atoms with E-state index < -0.39 is 34.7 Å². The van der Waals surface area contributed by atoms with E-state index in [9.17, 15) is 19.2 Å². The lowest BCUT2D eigenvalue weighted by molar-refractivity contribution is -0.203. The van der Waals surface area contributed by atoms with Gasteiger partial charge in [-0.3, -0.25) is 19.2 Å². The molecule has 0 amide bonds. The highest BCUT2D eigenvalue weighted by Crippen LogP contribution is 2.49. The molecule has 194 valence electrons. The van der Waals surface area contributed by atoms with Gasteiger partial charge in [-0.05, 0) is 38.8 Å². The molecule has 0 bridgehead atoms. The standard InChI is InChI=1S/C28H34O8/c1-5-33-23(29)27(24(30)34-6-2,19-21-15-11-9-12-16-21)28(25(31)35-7-3,26(32)36-8-4)20-22-17-13-10-14-18-22/h9-18H,5-8,19-20H2,1-4H3. The van der Waals surface area contributed by atoms with Crippen molar-refractivity contribution in [2.75, 3.05) is 26.4 Å². The summed E-state index contributed by atoms with van der Waals surface area (Å²) in [7, 11) is 0. The molecule has 0 saturated heterocycles. The molecular weight excluding hydrogens is 464 g/mol. The normalized spacial score (nSPS) is 11.3. The molecule has 8 nitrogen and oxygen atoms in total. The third-order valence-electron chi connectivity index (χ3n) is 5.85. The Balaban J connectivity index is 3.03. The summed E-state index contributed by atoms with van der Waals surface area (Å²) in [5.74, 6) is -4.26. The van der Waals surface area contributed by atoms with Crippen LogP contribution in [0.15, 0.2) is 60.7 Å². The maximum Gasteiger partial charge on any atom is 0.325 e. The van der Waals surface area contributed by atoms with Crippen LogP contribution >= 0.6 is 0 Å². The first-order chi connectivity index (χ1) is 17.3. The van der Waals surface area contributed by atoms with Gasteiger partial charge in [-0.25, -0.2) is 0 Å². The first-order valence-corrected chi connectivity index (χ1v) is 12.1. The maximum atomic E-state index is 13.9. The summed E-state index contributed by atoms with van der Waals surface area (Å²) in [6.07, 6.45) is -0.702. The Kier molecular flexibility index (Phi) is 10.6. The molecule has 0 N–H and O–H groups in total. The Morgan fingerprint density at radius 1 is 0.500 bits per heavy atom. The number of carbonyl (C=O) groups is 4. The van der Waals surface area contributed by atoms with Crippen LogP contribution in [-0.4, -0.2) is 50.3 Å². The van der Waals surface area contributed by atoms with Crippen LogP contribution in [0.3, 0.4) is 0 Å². The monoisotopic (exact) mass is 498 g/mol. The van der Waals surface area contributed by atoms with Gasteiger partial charge in [0.05, 0.1) is 26.4 Å². The predicted octanol–water partition coefficient (Wildman–Crippen LogP) is 3.70. The molecule has 36 heavy (non-hydrogen) atoms. The minimum atomic E-state index is -2.44. The Morgan fingerprint density at radius 2 is 0.750 bits per heavy atom. The number of ether oxygens (including phenoxy) is 4. The topological polar surface area (TPSA) is 105 Å². The molecule has 8 heteroatoms. The lowest BCUT2D eigenvalue weighted by Crippen LogP contribution is -2.65. The number of esters is 4. The van der Waals surface area contributed by atoms with E-state index in [4.69, 9.17) is 18.9 Å². The van der Waals surface area contributed by atoms with Crippen molar-refractivity contribution in [3.63, 3.8) is 0 Å². The van der Waals surface area contributed by atoms with Crippen LogP contribution in [-0.2, 0) is 51.0 Å². The number of benzene rings is 2. The van der Waals surface area contributed by atoms with E-state index in [1.54, 1.807) is 88.4 Å². The quantitative estimate of drug-likeness (QED) is 0.234. The van der Waals surface area contributed by atoms with Crippen molar-refractivity contribution < 1.29 is 38.1 Å². The van der Waals surface area contributed by atoms with Crippen LogP contribution in [0, 0.1) is 10.8 Å². The number of carbonyl (C=O) groups excluding carboxylic acids is 4. The van der Waals surface area contributed by atoms with Crippen LogP contribution < -0.4 is 0 Å². The van der Waals surface area contributed by atoms with E-state index in [2.05, 4.69) is 0 Å². The van der Waals surface area contributed by atoms with Crippen LogP contribution in [0.5, 0.6) is 0 Å². The number of hydrogen-bond acceptors (Lipinski definition) is 8. The molecule has 0 atom stereocenters. The lowest BCUT2D eigenvalue weighted by atomic mass is 9.57. The van der Waals surface area contributed by atoms with Gasteiger partial charge in [-0.2, -0.15) is 0 Å². The lowest BCUT2D eigenvalue weighted by Gasteiger charge is -2.43. The number of hydrogen-bond donors (Lipinski definition) is 0. The molecule has 0 radical (unpaired) electrons. The summed E-state index contributed by atoms with van der Waals surface area (Å²) in [5, 5.41) is 0. The maximum absolute atomic E-state index is 13.9. The van der Waals surface area contributed by atoms with E-state index >= 15 is 0 Å². The van der Waals surface area contributed by atoms with Gasteiger partial charge in [0, 0.05) is 12.8 Å². The molecule has 0 aliphatic carbocycles. The van der Waals surface area contributed by atoms with Gasteiger partial charge < -0.3 is 18.9 Å².